The summed E-state index contributed by atoms with van der Waals surface area (Å²) in [6.07, 6.45) is 8.73. The molecule has 0 radical (unpaired) electrons. The number of carbonyl (C=O) groups is 1. The van der Waals surface area contributed by atoms with Crippen molar-refractivity contribution in [3.05, 3.63) is 81.9 Å². The zero-order valence-corrected chi connectivity index (χ0v) is 20.0. The molecule has 0 bridgehead atoms. The van der Waals surface area contributed by atoms with Crippen LogP contribution in [0.25, 0.3) is 10.9 Å². The number of anilines is 1. The van der Waals surface area contributed by atoms with E-state index in [1.165, 1.54) is 46.3 Å². The van der Waals surface area contributed by atoms with Gasteiger partial charge in [0.1, 0.15) is 5.00 Å². The van der Waals surface area contributed by atoms with Crippen LogP contribution in [-0.2, 0) is 19.9 Å². The predicted molar refractivity (Wildman–Crippen MR) is 140 cm³/mol. The van der Waals surface area contributed by atoms with Gasteiger partial charge in [-0.3, -0.25) is 4.79 Å². The molecule has 1 N–H and O–H groups in total. The molecule has 2 aromatic carbocycles. The van der Waals surface area contributed by atoms with Crippen molar-refractivity contribution in [3.63, 3.8) is 0 Å². The lowest BCUT2D eigenvalue weighted by Gasteiger charge is -2.12. The summed E-state index contributed by atoms with van der Waals surface area (Å²) in [7, 11) is 2.09. The van der Waals surface area contributed by atoms with E-state index in [1.807, 2.05) is 36.5 Å². The summed E-state index contributed by atoms with van der Waals surface area (Å²) in [6, 6.07) is 18.1. The SMILES string of the molecule is Cc1c(C=Nc2sc3c(c2C(=O)Nc2ccccc2)CCCCCC3)c2ccccc2n1C. The molecule has 1 amide bonds. The van der Waals surface area contributed by atoms with Crippen molar-refractivity contribution < 1.29 is 4.79 Å². The highest BCUT2D eigenvalue weighted by Crippen LogP contribution is 2.39. The van der Waals surface area contributed by atoms with Crippen molar-refractivity contribution in [1.82, 2.24) is 4.57 Å². The molecule has 2 aromatic heterocycles. The van der Waals surface area contributed by atoms with Gasteiger partial charge in [0.05, 0.1) is 5.56 Å². The number of rotatable bonds is 4. The number of nitrogens with one attached hydrogen (secondary N) is 1. The summed E-state index contributed by atoms with van der Waals surface area (Å²) in [5, 5.41) is 5.11. The van der Waals surface area contributed by atoms with Gasteiger partial charge in [-0.25, -0.2) is 4.99 Å². The third kappa shape index (κ3) is 4.25. The molecule has 0 aliphatic heterocycles. The number of aryl methyl sites for hydroxylation is 2. The second kappa shape index (κ2) is 9.36. The predicted octanol–water partition coefficient (Wildman–Crippen LogP) is 7.21. The molecule has 0 saturated heterocycles. The minimum absolute atomic E-state index is 0.0546. The number of carbonyl (C=O) groups excluding carboxylic acids is 1. The molecule has 168 valence electrons. The third-order valence-corrected chi connectivity index (χ3v) is 7.87. The summed E-state index contributed by atoms with van der Waals surface area (Å²) in [5.41, 5.74) is 6.25. The van der Waals surface area contributed by atoms with Gasteiger partial charge in [-0.15, -0.1) is 11.3 Å². The Hall–Kier alpha value is -3.18. The smallest absolute Gasteiger partial charge is 0.259 e. The molecule has 0 unspecified atom stereocenters. The van der Waals surface area contributed by atoms with E-state index in [0.717, 1.165) is 41.1 Å². The molecule has 4 aromatic rings. The monoisotopic (exact) mass is 455 g/mol. The van der Waals surface area contributed by atoms with E-state index >= 15 is 0 Å². The van der Waals surface area contributed by atoms with Crippen LogP contribution in [-0.4, -0.2) is 16.7 Å². The summed E-state index contributed by atoms with van der Waals surface area (Å²) < 4.78 is 2.20. The van der Waals surface area contributed by atoms with Gasteiger partial charge in [-0.2, -0.15) is 0 Å². The van der Waals surface area contributed by atoms with E-state index in [-0.39, 0.29) is 5.91 Å². The van der Waals surface area contributed by atoms with Gasteiger partial charge in [0.2, 0.25) is 0 Å². The molecule has 5 heteroatoms. The van der Waals surface area contributed by atoms with Crippen LogP contribution in [0.1, 0.15) is 57.7 Å². The molecule has 5 rings (SSSR count). The fourth-order valence-corrected chi connectivity index (χ4v) is 6.01. The summed E-state index contributed by atoms with van der Waals surface area (Å²) in [6.45, 7) is 2.12. The van der Waals surface area contributed by atoms with Crippen molar-refractivity contribution in [2.75, 3.05) is 5.32 Å². The normalized spacial score (nSPS) is 14.2. The van der Waals surface area contributed by atoms with Crippen LogP contribution in [0.15, 0.2) is 59.6 Å². The fourth-order valence-electron chi connectivity index (χ4n) is 4.78. The molecule has 0 spiro atoms. The van der Waals surface area contributed by atoms with Gasteiger partial charge in [0, 0.05) is 46.0 Å². The maximum absolute atomic E-state index is 13.5. The largest absolute Gasteiger partial charge is 0.347 e. The first-order chi connectivity index (χ1) is 16.1. The van der Waals surface area contributed by atoms with E-state index < -0.39 is 0 Å². The first-order valence-electron chi connectivity index (χ1n) is 11.7. The highest BCUT2D eigenvalue weighted by molar-refractivity contribution is 7.16. The summed E-state index contributed by atoms with van der Waals surface area (Å²) in [4.78, 5) is 19.8. The average Bonchev–Trinajstić information content (AvgIpc) is 3.27. The first kappa shape index (κ1) is 21.7. The van der Waals surface area contributed by atoms with Crippen LogP contribution in [0.5, 0.6) is 0 Å². The van der Waals surface area contributed by atoms with Crippen LogP contribution >= 0.6 is 11.3 Å². The molecule has 4 nitrogen and oxygen atoms in total. The lowest BCUT2D eigenvalue weighted by atomic mass is 9.96. The molecular formula is C28H29N3OS. The van der Waals surface area contributed by atoms with Gasteiger partial charge in [-0.1, -0.05) is 49.2 Å². The zero-order chi connectivity index (χ0) is 22.8. The summed E-state index contributed by atoms with van der Waals surface area (Å²) >= 11 is 1.70. The van der Waals surface area contributed by atoms with Crippen LogP contribution in [0.4, 0.5) is 10.7 Å². The fraction of sp³-hybridized carbons (Fsp3) is 0.286. The number of hydrogen-bond donors (Lipinski definition) is 1. The molecule has 0 saturated carbocycles. The van der Waals surface area contributed by atoms with Gasteiger partial charge < -0.3 is 9.88 Å². The molecular weight excluding hydrogens is 426 g/mol. The highest BCUT2D eigenvalue weighted by Gasteiger charge is 2.24. The molecule has 2 heterocycles. The number of aromatic nitrogens is 1. The van der Waals surface area contributed by atoms with E-state index in [2.05, 4.69) is 48.1 Å². The standard InChI is InChI=1S/C28H29N3OS/c1-19-23(21-14-10-11-16-24(21)31(19)2)18-29-28-26(27(32)30-20-12-6-5-7-13-20)22-15-8-3-4-9-17-25(22)33-28/h5-7,10-14,16,18H,3-4,8-9,15,17H2,1-2H3,(H,30,32). The second-order valence-corrected chi connectivity index (χ2v) is 9.84. The molecule has 0 fully saturated rings. The number of thiophene rings is 1. The number of amides is 1. The molecule has 1 aliphatic rings. The Balaban J connectivity index is 1.58. The minimum atomic E-state index is -0.0546. The molecule has 0 atom stereocenters. The van der Waals surface area contributed by atoms with Crippen LogP contribution in [0, 0.1) is 6.92 Å². The number of hydrogen-bond acceptors (Lipinski definition) is 3. The summed E-state index contributed by atoms with van der Waals surface area (Å²) in [5.74, 6) is -0.0546. The maximum atomic E-state index is 13.5. The Labute approximate surface area is 199 Å². The molecule has 1 aliphatic carbocycles. The average molecular weight is 456 g/mol. The number of benzene rings is 2. The number of nitrogens with zero attached hydrogens (tertiary/aromatic N) is 2. The lowest BCUT2D eigenvalue weighted by molar-refractivity contribution is 0.102. The van der Waals surface area contributed by atoms with E-state index in [0.29, 0.717) is 0 Å². The quantitative estimate of drug-likeness (QED) is 0.325. The van der Waals surface area contributed by atoms with Crippen LogP contribution < -0.4 is 5.32 Å². The minimum Gasteiger partial charge on any atom is -0.347 e. The second-order valence-electron chi connectivity index (χ2n) is 8.75. The van der Waals surface area contributed by atoms with Crippen molar-refractivity contribution in [1.29, 1.82) is 0 Å². The van der Waals surface area contributed by atoms with E-state index in [9.17, 15) is 4.79 Å². The van der Waals surface area contributed by atoms with Crippen molar-refractivity contribution in [2.24, 2.45) is 12.0 Å². The Kier molecular flexibility index (Phi) is 6.14. The molecule has 33 heavy (non-hydrogen) atoms. The lowest BCUT2D eigenvalue weighted by Crippen LogP contribution is -2.14. The van der Waals surface area contributed by atoms with Gasteiger partial charge in [0.15, 0.2) is 0 Å². The topological polar surface area (TPSA) is 46.4 Å². The first-order valence-corrected chi connectivity index (χ1v) is 12.5. The Morgan fingerprint density at radius 1 is 1.00 bits per heavy atom. The Morgan fingerprint density at radius 3 is 2.55 bits per heavy atom. The van der Waals surface area contributed by atoms with Gasteiger partial charge >= 0.3 is 0 Å². The number of aliphatic imine (C=N–C) groups is 1. The van der Waals surface area contributed by atoms with Gasteiger partial charge in [0.25, 0.3) is 5.91 Å². The van der Waals surface area contributed by atoms with Crippen molar-refractivity contribution in [3.8, 4) is 0 Å². The Bertz CT molecular complexity index is 1330. The zero-order valence-electron chi connectivity index (χ0n) is 19.2. The van der Waals surface area contributed by atoms with Gasteiger partial charge in [-0.05, 0) is 56.4 Å². The van der Waals surface area contributed by atoms with Crippen LogP contribution in [0.3, 0.4) is 0 Å². The highest BCUT2D eigenvalue weighted by atomic mass is 32.1. The van der Waals surface area contributed by atoms with Crippen LogP contribution in [0.2, 0.25) is 0 Å². The number of fused-ring (bicyclic) bond motifs is 2. The Morgan fingerprint density at radius 2 is 1.73 bits per heavy atom. The van der Waals surface area contributed by atoms with E-state index in [1.54, 1.807) is 11.3 Å². The number of para-hydroxylation sites is 2. The van der Waals surface area contributed by atoms with Crippen molar-refractivity contribution in [2.45, 2.75) is 45.4 Å². The van der Waals surface area contributed by atoms with Crippen molar-refractivity contribution >= 4 is 45.0 Å². The maximum Gasteiger partial charge on any atom is 0.259 e. The van der Waals surface area contributed by atoms with E-state index in [4.69, 9.17) is 4.99 Å². The third-order valence-electron chi connectivity index (χ3n) is 6.67.